The molecule has 0 saturated heterocycles. The average Bonchev–Trinajstić information content (AvgIpc) is 2.38. The summed E-state index contributed by atoms with van der Waals surface area (Å²) in [7, 11) is 0. The molecule has 1 atom stereocenters. The predicted molar refractivity (Wildman–Crippen MR) is 49.5 cm³/mol. The van der Waals surface area contributed by atoms with Crippen molar-refractivity contribution in [2.75, 3.05) is 0 Å². The second-order valence-electron chi connectivity index (χ2n) is 4.13. The van der Waals surface area contributed by atoms with Gasteiger partial charge in [-0.2, -0.15) is 0 Å². The monoisotopic (exact) mass is 155 g/mol. The van der Waals surface area contributed by atoms with E-state index in [0.717, 1.165) is 5.92 Å². The summed E-state index contributed by atoms with van der Waals surface area (Å²) in [5.41, 5.74) is 6.49. The molecule has 1 saturated carbocycles. The summed E-state index contributed by atoms with van der Waals surface area (Å²) >= 11 is 0. The van der Waals surface area contributed by atoms with Gasteiger partial charge in [-0.25, -0.2) is 0 Å². The Balaban J connectivity index is 2.42. The average molecular weight is 155 g/mol. The molecule has 1 rings (SSSR count). The Morgan fingerprint density at radius 2 is 1.91 bits per heavy atom. The van der Waals surface area contributed by atoms with Crippen LogP contribution in [0.1, 0.15) is 52.4 Å². The van der Waals surface area contributed by atoms with E-state index in [4.69, 9.17) is 5.73 Å². The van der Waals surface area contributed by atoms with E-state index in [2.05, 4.69) is 13.8 Å². The van der Waals surface area contributed by atoms with Gasteiger partial charge >= 0.3 is 0 Å². The summed E-state index contributed by atoms with van der Waals surface area (Å²) in [5.74, 6) is 0.731. The van der Waals surface area contributed by atoms with Crippen LogP contribution in [0.4, 0.5) is 0 Å². The van der Waals surface area contributed by atoms with E-state index in [-0.39, 0.29) is 5.54 Å². The summed E-state index contributed by atoms with van der Waals surface area (Å²) < 4.78 is 0. The van der Waals surface area contributed by atoms with E-state index >= 15 is 0 Å². The maximum absolute atomic E-state index is 6.29. The largest absolute Gasteiger partial charge is 0.325 e. The van der Waals surface area contributed by atoms with Crippen LogP contribution in [0.5, 0.6) is 0 Å². The Morgan fingerprint density at radius 3 is 2.36 bits per heavy atom. The van der Waals surface area contributed by atoms with E-state index < -0.39 is 0 Å². The van der Waals surface area contributed by atoms with Gasteiger partial charge in [0.2, 0.25) is 0 Å². The van der Waals surface area contributed by atoms with Crippen LogP contribution >= 0.6 is 0 Å². The highest BCUT2D eigenvalue weighted by atomic mass is 14.8. The van der Waals surface area contributed by atoms with E-state index in [1.54, 1.807) is 0 Å². The van der Waals surface area contributed by atoms with Crippen molar-refractivity contribution in [3.63, 3.8) is 0 Å². The molecule has 0 bridgehead atoms. The van der Waals surface area contributed by atoms with Crippen molar-refractivity contribution >= 4 is 0 Å². The molecule has 0 spiro atoms. The molecule has 0 aromatic carbocycles. The number of hydrogen-bond acceptors (Lipinski definition) is 1. The van der Waals surface area contributed by atoms with Crippen molar-refractivity contribution in [1.82, 2.24) is 0 Å². The Hall–Kier alpha value is -0.0400. The van der Waals surface area contributed by atoms with Gasteiger partial charge in [-0.1, -0.05) is 33.1 Å². The molecule has 0 amide bonds. The van der Waals surface area contributed by atoms with Crippen LogP contribution in [0.15, 0.2) is 0 Å². The third-order valence-corrected chi connectivity index (χ3v) is 3.24. The molecule has 2 N–H and O–H groups in total. The van der Waals surface area contributed by atoms with Crippen molar-refractivity contribution in [3.05, 3.63) is 0 Å². The molecule has 0 aliphatic heterocycles. The smallest absolute Gasteiger partial charge is 0.0180 e. The van der Waals surface area contributed by atoms with Gasteiger partial charge in [0.25, 0.3) is 0 Å². The molecular weight excluding hydrogens is 134 g/mol. The number of rotatable bonds is 3. The minimum atomic E-state index is 0.204. The lowest BCUT2D eigenvalue weighted by Gasteiger charge is -2.31. The maximum atomic E-state index is 6.29. The molecule has 1 nitrogen and oxygen atoms in total. The Bertz CT molecular complexity index is 114. The summed E-state index contributed by atoms with van der Waals surface area (Å²) in [6, 6.07) is 0. The van der Waals surface area contributed by atoms with Gasteiger partial charge in [0, 0.05) is 5.54 Å². The topological polar surface area (TPSA) is 26.0 Å². The number of hydrogen-bond donors (Lipinski definition) is 1. The fourth-order valence-corrected chi connectivity index (χ4v) is 2.25. The fourth-order valence-electron chi connectivity index (χ4n) is 2.25. The number of nitrogens with two attached hydrogens (primary N) is 1. The van der Waals surface area contributed by atoms with Gasteiger partial charge in [-0.3, -0.25) is 0 Å². The minimum Gasteiger partial charge on any atom is -0.325 e. The van der Waals surface area contributed by atoms with Crippen LogP contribution in [0.3, 0.4) is 0 Å². The van der Waals surface area contributed by atoms with Gasteiger partial charge in [-0.05, 0) is 25.2 Å². The molecular formula is C10H21N. The zero-order chi connectivity index (χ0) is 8.32. The quantitative estimate of drug-likeness (QED) is 0.666. The van der Waals surface area contributed by atoms with E-state index in [9.17, 15) is 0 Å². The second-order valence-corrected chi connectivity index (χ2v) is 4.13. The SMILES string of the molecule is CCCC(C)C1(N)CCCC1. The summed E-state index contributed by atoms with van der Waals surface area (Å²) in [4.78, 5) is 0. The van der Waals surface area contributed by atoms with Crippen LogP contribution in [0.25, 0.3) is 0 Å². The van der Waals surface area contributed by atoms with Crippen LogP contribution in [0.2, 0.25) is 0 Å². The first-order chi connectivity index (χ1) is 5.19. The Morgan fingerprint density at radius 1 is 1.36 bits per heavy atom. The molecule has 0 aromatic rings. The van der Waals surface area contributed by atoms with Gasteiger partial charge < -0.3 is 5.73 Å². The maximum Gasteiger partial charge on any atom is 0.0180 e. The van der Waals surface area contributed by atoms with Crippen molar-refractivity contribution in [2.24, 2.45) is 11.7 Å². The minimum absolute atomic E-state index is 0.204. The Kier molecular flexibility index (Phi) is 2.94. The highest BCUT2D eigenvalue weighted by Crippen LogP contribution is 2.35. The first-order valence-electron chi connectivity index (χ1n) is 4.98. The lowest BCUT2D eigenvalue weighted by Crippen LogP contribution is -2.43. The molecule has 11 heavy (non-hydrogen) atoms. The summed E-state index contributed by atoms with van der Waals surface area (Å²) in [6.07, 6.45) is 7.80. The normalized spacial score (nSPS) is 25.4. The summed E-state index contributed by atoms with van der Waals surface area (Å²) in [5, 5.41) is 0. The molecule has 1 aliphatic rings. The first kappa shape index (κ1) is 9.05. The molecule has 1 fully saturated rings. The van der Waals surface area contributed by atoms with Crippen LogP contribution in [0, 0.1) is 5.92 Å². The summed E-state index contributed by atoms with van der Waals surface area (Å²) in [6.45, 7) is 4.56. The van der Waals surface area contributed by atoms with Gasteiger partial charge in [0.1, 0.15) is 0 Å². The lowest BCUT2D eigenvalue weighted by molar-refractivity contribution is 0.279. The predicted octanol–water partition coefficient (Wildman–Crippen LogP) is 2.69. The van der Waals surface area contributed by atoms with Crippen molar-refractivity contribution in [2.45, 2.75) is 57.9 Å². The molecule has 1 unspecified atom stereocenters. The van der Waals surface area contributed by atoms with Gasteiger partial charge in [0.15, 0.2) is 0 Å². The third kappa shape index (κ3) is 1.96. The van der Waals surface area contributed by atoms with Gasteiger partial charge in [-0.15, -0.1) is 0 Å². The van der Waals surface area contributed by atoms with Crippen molar-refractivity contribution in [3.8, 4) is 0 Å². The molecule has 1 aliphatic carbocycles. The standard InChI is InChI=1S/C10H21N/c1-3-6-9(2)10(11)7-4-5-8-10/h9H,3-8,11H2,1-2H3. The molecule has 66 valence electrons. The second kappa shape index (κ2) is 3.57. The van der Waals surface area contributed by atoms with E-state index in [1.807, 2.05) is 0 Å². The lowest BCUT2D eigenvalue weighted by atomic mass is 9.82. The first-order valence-corrected chi connectivity index (χ1v) is 4.98. The molecule has 1 heteroatoms. The van der Waals surface area contributed by atoms with E-state index in [0.29, 0.717) is 0 Å². The zero-order valence-electron chi connectivity index (χ0n) is 7.90. The zero-order valence-corrected chi connectivity index (χ0v) is 7.90. The molecule has 0 aromatic heterocycles. The fraction of sp³-hybridized carbons (Fsp3) is 1.00. The van der Waals surface area contributed by atoms with Crippen molar-refractivity contribution < 1.29 is 0 Å². The molecule has 0 heterocycles. The third-order valence-electron chi connectivity index (χ3n) is 3.24. The highest BCUT2D eigenvalue weighted by molar-refractivity contribution is 4.93. The van der Waals surface area contributed by atoms with Gasteiger partial charge in [0.05, 0.1) is 0 Å². The highest BCUT2D eigenvalue weighted by Gasteiger charge is 2.33. The van der Waals surface area contributed by atoms with Crippen molar-refractivity contribution in [1.29, 1.82) is 0 Å². The Labute approximate surface area is 70.4 Å². The van der Waals surface area contributed by atoms with E-state index in [1.165, 1.54) is 38.5 Å². The van der Waals surface area contributed by atoms with Crippen LogP contribution in [-0.4, -0.2) is 5.54 Å². The van der Waals surface area contributed by atoms with Crippen LogP contribution < -0.4 is 5.73 Å². The molecule has 0 radical (unpaired) electrons. The van der Waals surface area contributed by atoms with Crippen LogP contribution in [-0.2, 0) is 0 Å².